The first-order chi connectivity index (χ1) is 8.78. The van der Waals surface area contributed by atoms with Crippen LogP contribution in [0, 0.1) is 28.1 Å². The number of hydrogen-bond acceptors (Lipinski definition) is 3. The van der Waals surface area contributed by atoms with E-state index in [9.17, 15) is 10.5 Å². The first-order valence-electron chi connectivity index (χ1n) is 5.85. The Bertz CT molecular complexity index is 508. The molecular formula is C15H14N2O. The fraction of sp³-hybridized carbons (Fsp3) is 0.333. The summed E-state index contributed by atoms with van der Waals surface area (Å²) < 4.78 is 5.31. The van der Waals surface area contributed by atoms with Crippen molar-refractivity contribution in [3.8, 4) is 12.1 Å². The molecule has 1 aromatic carbocycles. The number of benzene rings is 1. The molecule has 90 valence electrons. The van der Waals surface area contributed by atoms with Gasteiger partial charge in [-0.2, -0.15) is 10.5 Å². The average Bonchev–Trinajstić information content (AvgIpc) is 2.47. The fourth-order valence-corrected chi connectivity index (χ4v) is 2.53. The van der Waals surface area contributed by atoms with E-state index in [2.05, 4.69) is 12.1 Å². The van der Waals surface area contributed by atoms with Crippen LogP contribution in [0.4, 0.5) is 0 Å². The van der Waals surface area contributed by atoms with Crippen LogP contribution in [-0.4, -0.2) is 13.2 Å². The van der Waals surface area contributed by atoms with Gasteiger partial charge >= 0.3 is 0 Å². The molecule has 0 saturated carbocycles. The lowest BCUT2D eigenvalue weighted by molar-refractivity contribution is 0.0617. The van der Waals surface area contributed by atoms with Gasteiger partial charge in [0.15, 0.2) is 5.41 Å². The maximum atomic E-state index is 9.49. The maximum absolute atomic E-state index is 9.49. The second-order valence-electron chi connectivity index (χ2n) is 4.38. The van der Waals surface area contributed by atoms with E-state index in [0.29, 0.717) is 6.42 Å². The lowest BCUT2D eigenvalue weighted by Gasteiger charge is -2.36. The van der Waals surface area contributed by atoms with Crippen LogP contribution in [0.25, 0.3) is 0 Å². The highest BCUT2D eigenvalue weighted by Gasteiger charge is 2.48. The van der Waals surface area contributed by atoms with Crippen molar-refractivity contribution in [1.29, 1.82) is 10.5 Å². The number of ether oxygens (including phenoxy) is 1. The molecule has 3 heteroatoms. The number of nitriles is 2. The summed E-state index contributed by atoms with van der Waals surface area (Å²) in [4.78, 5) is 0. The van der Waals surface area contributed by atoms with E-state index in [0.717, 1.165) is 5.56 Å². The Morgan fingerprint density at radius 2 is 1.89 bits per heavy atom. The molecule has 18 heavy (non-hydrogen) atoms. The van der Waals surface area contributed by atoms with Crippen molar-refractivity contribution in [2.45, 2.75) is 18.4 Å². The number of hydrogen-bond donors (Lipinski definition) is 0. The Morgan fingerprint density at radius 1 is 1.22 bits per heavy atom. The summed E-state index contributed by atoms with van der Waals surface area (Å²) in [6.45, 7) is 0. The van der Waals surface area contributed by atoms with Crippen molar-refractivity contribution in [3.63, 3.8) is 0 Å². The van der Waals surface area contributed by atoms with Crippen LogP contribution in [0.15, 0.2) is 42.5 Å². The van der Waals surface area contributed by atoms with Crippen LogP contribution in [0.1, 0.15) is 17.9 Å². The predicted octanol–water partition coefficient (Wildman–Crippen LogP) is 2.78. The number of methoxy groups -OCH3 is 1. The van der Waals surface area contributed by atoms with E-state index in [1.54, 1.807) is 0 Å². The summed E-state index contributed by atoms with van der Waals surface area (Å²) in [7, 11) is 1.53. The van der Waals surface area contributed by atoms with Crippen molar-refractivity contribution in [2.24, 2.45) is 5.41 Å². The highest BCUT2D eigenvalue weighted by Crippen LogP contribution is 2.45. The molecule has 0 N–H and O–H groups in total. The van der Waals surface area contributed by atoms with Gasteiger partial charge in [0.1, 0.15) is 6.10 Å². The second kappa shape index (κ2) is 5.04. The second-order valence-corrected chi connectivity index (χ2v) is 4.38. The zero-order valence-corrected chi connectivity index (χ0v) is 10.2. The van der Waals surface area contributed by atoms with E-state index in [1.807, 2.05) is 42.5 Å². The molecule has 0 saturated heterocycles. The molecule has 0 amide bonds. The van der Waals surface area contributed by atoms with Crippen LogP contribution in [0.5, 0.6) is 0 Å². The Hall–Kier alpha value is -2.10. The molecule has 0 heterocycles. The van der Waals surface area contributed by atoms with Crippen molar-refractivity contribution in [2.75, 3.05) is 7.11 Å². The molecular weight excluding hydrogens is 224 g/mol. The average molecular weight is 238 g/mol. The quantitative estimate of drug-likeness (QED) is 0.744. The molecule has 0 aliphatic heterocycles. The number of allylic oxidation sites excluding steroid dienone is 1. The Balaban J connectivity index is 2.51. The van der Waals surface area contributed by atoms with Gasteiger partial charge in [-0.05, 0) is 12.0 Å². The van der Waals surface area contributed by atoms with Gasteiger partial charge in [-0.15, -0.1) is 0 Å². The van der Waals surface area contributed by atoms with Crippen molar-refractivity contribution >= 4 is 0 Å². The molecule has 1 aliphatic rings. The van der Waals surface area contributed by atoms with Crippen LogP contribution < -0.4 is 0 Å². The minimum Gasteiger partial charge on any atom is -0.375 e. The lowest BCUT2D eigenvalue weighted by atomic mass is 9.66. The van der Waals surface area contributed by atoms with E-state index >= 15 is 0 Å². The zero-order valence-electron chi connectivity index (χ0n) is 10.2. The lowest BCUT2D eigenvalue weighted by Crippen LogP contribution is -2.40. The Kier molecular flexibility index (Phi) is 3.46. The smallest absolute Gasteiger partial charge is 0.180 e. The van der Waals surface area contributed by atoms with E-state index in [1.165, 1.54) is 7.11 Å². The molecule has 0 aromatic heterocycles. The van der Waals surface area contributed by atoms with Crippen molar-refractivity contribution < 1.29 is 4.74 Å². The molecule has 1 aliphatic carbocycles. The van der Waals surface area contributed by atoms with Gasteiger partial charge in [0.2, 0.25) is 0 Å². The molecule has 2 atom stereocenters. The molecule has 0 fully saturated rings. The van der Waals surface area contributed by atoms with Crippen LogP contribution in [0.2, 0.25) is 0 Å². The highest BCUT2D eigenvalue weighted by molar-refractivity contribution is 5.37. The van der Waals surface area contributed by atoms with Crippen molar-refractivity contribution in [1.82, 2.24) is 0 Å². The molecule has 3 nitrogen and oxygen atoms in total. The molecule has 0 unspecified atom stereocenters. The van der Waals surface area contributed by atoms with E-state index < -0.39 is 11.5 Å². The van der Waals surface area contributed by atoms with Gasteiger partial charge in [0, 0.05) is 13.0 Å². The zero-order chi connectivity index (χ0) is 13.0. The summed E-state index contributed by atoms with van der Waals surface area (Å²) in [6, 6.07) is 14.1. The summed E-state index contributed by atoms with van der Waals surface area (Å²) in [6.07, 6.45) is 4.00. The fourth-order valence-electron chi connectivity index (χ4n) is 2.53. The van der Waals surface area contributed by atoms with Gasteiger partial charge in [-0.25, -0.2) is 0 Å². The summed E-state index contributed by atoms with van der Waals surface area (Å²) in [5.74, 6) is -0.149. The Labute approximate surface area is 107 Å². The van der Waals surface area contributed by atoms with Crippen LogP contribution in [0.3, 0.4) is 0 Å². The third-order valence-corrected chi connectivity index (χ3v) is 3.51. The SMILES string of the molecule is CO[C@H]1C=CC[C@H](c2ccccc2)C1(C#N)C#N. The third-order valence-electron chi connectivity index (χ3n) is 3.51. The van der Waals surface area contributed by atoms with Crippen LogP contribution >= 0.6 is 0 Å². The van der Waals surface area contributed by atoms with Gasteiger partial charge in [-0.3, -0.25) is 0 Å². The highest BCUT2D eigenvalue weighted by atomic mass is 16.5. The van der Waals surface area contributed by atoms with Gasteiger partial charge in [0.25, 0.3) is 0 Å². The summed E-state index contributed by atoms with van der Waals surface area (Å²) >= 11 is 0. The first kappa shape index (κ1) is 12.4. The monoisotopic (exact) mass is 238 g/mol. The topological polar surface area (TPSA) is 56.8 Å². The molecule has 0 radical (unpaired) electrons. The molecule has 0 bridgehead atoms. The van der Waals surface area contributed by atoms with Gasteiger partial charge < -0.3 is 4.74 Å². The standard InChI is InChI=1S/C15H14N2O/c1-18-14-9-5-8-13(15(14,10-16)11-17)12-6-3-2-4-7-12/h2-7,9,13-14H,8H2,1H3/t13-,14+/m1/s1. The largest absolute Gasteiger partial charge is 0.375 e. The first-order valence-corrected chi connectivity index (χ1v) is 5.85. The number of nitrogens with zero attached hydrogens (tertiary/aromatic N) is 2. The van der Waals surface area contributed by atoms with Gasteiger partial charge in [-0.1, -0.05) is 42.5 Å². The van der Waals surface area contributed by atoms with Gasteiger partial charge in [0.05, 0.1) is 12.1 Å². The van der Waals surface area contributed by atoms with Crippen molar-refractivity contribution in [3.05, 3.63) is 48.0 Å². The molecule has 0 spiro atoms. The molecule has 1 aromatic rings. The van der Waals surface area contributed by atoms with E-state index in [-0.39, 0.29) is 5.92 Å². The van der Waals surface area contributed by atoms with Crippen LogP contribution in [-0.2, 0) is 4.74 Å². The minimum atomic E-state index is -1.15. The molecule has 2 rings (SSSR count). The predicted molar refractivity (Wildman–Crippen MR) is 67.4 cm³/mol. The van der Waals surface area contributed by atoms with E-state index in [4.69, 9.17) is 4.74 Å². The third kappa shape index (κ3) is 1.79. The Morgan fingerprint density at radius 3 is 2.44 bits per heavy atom. The normalized spacial score (nSPS) is 25.1. The number of rotatable bonds is 2. The maximum Gasteiger partial charge on any atom is 0.180 e. The summed E-state index contributed by atoms with van der Waals surface area (Å²) in [5, 5.41) is 19.0. The summed E-state index contributed by atoms with van der Waals surface area (Å²) in [5.41, 5.74) is -0.141. The minimum absolute atomic E-state index is 0.149.